The number of nitrogens with one attached hydrogen (secondary N) is 1. The number of hydrogen-bond donors (Lipinski definition) is 1. The molecule has 62 valence electrons. The predicted molar refractivity (Wildman–Crippen MR) is 49.3 cm³/mol. The minimum atomic E-state index is 0.384. The van der Waals surface area contributed by atoms with Gasteiger partial charge in [-0.05, 0) is 18.4 Å². The van der Waals surface area contributed by atoms with Gasteiger partial charge in [0.05, 0.1) is 6.61 Å². The Morgan fingerprint density at radius 3 is 3.09 bits per heavy atom. The van der Waals surface area contributed by atoms with E-state index in [9.17, 15) is 0 Å². The molecule has 1 atom stereocenters. The minimum Gasteiger partial charge on any atom is -0.383 e. The number of anilines is 1. The molecule has 11 heavy (non-hydrogen) atoms. The first-order chi connectivity index (χ1) is 5.33. The van der Waals surface area contributed by atoms with E-state index in [4.69, 9.17) is 4.74 Å². The topological polar surface area (TPSA) is 21.3 Å². The van der Waals surface area contributed by atoms with Crippen molar-refractivity contribution < 1.29 is 4.74 Å². The summed E-state index contributed by atoms with van der Waals surface area (Å²) in [5.41, 5.74) is 1.18. The van der Waals surface area contributed by atoms with E-state index in [0.717, 1.165) is 6.61 Å². The van der Waals surface area contributed by atoms with Gasteiger partial charge >= 0.3 is 0 Å². The van der Waals surface area contributed by atoms with E-state index in [-0.39, 0.29) is 0 Å². The molecular formula is C8H13NOS. The van der Waals surface area contributed by atoms with Crippen LogP contribution in [0.25, 0.3) is 0 Å². The fourth-order valence-electron chi connectivity index (χ4n) is 0.923. The van der Waals surface area contributed by atoms with Gasteiger partial charge in [-0.1, -0.05) is 0 Å². The van der Waals surface area contributed by atoms with Crippen LogP contribution in [0.15, 0.2) is 16.8 Å². The Labute approximate surface area is 71.2 Å². The first-order valence-corrected chi connectivity index (χ1v) is 4.55. The SMILES string of the molecule is COCC(C)Nc1ccsc1. The molecule has 2 nitrogen and oxygen atoms in total. The van der Waals surface area contributed by atoms with Crippen LogP contribution in [0.1, 0.15) is 6.92 Å². The molecule has 0 spiro atoms. The van der Waals surface area contributed by atoms with Gasteiger partial charge in [0.1, 0.15) is 0 Å². The molecule has 3 heteroatoms. The van der Waals surface area contributed by atoms with Crippen LogP contribution < -0.4 is 5.32 Å². The molecule has 0 fully saturated rings. The molecule has 0 amide bonds. The molecule has 0 aliphatic heterocycles. The van der Waals surface area contributed by atoms with Gasteiger partial charge in [-0.3, -0.25) is 0 Å². The second-order valence-corrected chi connectivity index (χ2v) is 3.29. The third-order valence-corrected chi connectivity index (χ3v) is 2.03. The second kappa shape index (κ2) is 4.36. The van der Waals surface area contributed by atoms with Crippen molar-refractivity contribution in [3.05, 3.63) is 16.8 Å². The molecular weight excluding hydrogens is 158 g/mol. The van der Waals surface area contributed by atoms with Gasteiger partial charge in [0, 0.05) is 24.2 Å². The van der Waals surface area contributed by atoms with Crippen LogP contribution in [0, 0.1) is 0 Å². The van der Waals surface area contributed by atoms with Crippen molar-refractivity contribution in [3.8, 4) is 0 Å². The first kappa shape index (κ1) is 8.56. The Kier molecular flexibility index (Phi) is 3.39. The lowest BCUT2D eigenvalue weighted by atomic mass is 10.3. The van der Waals surface area contributed by atoms with Crippen LogP contribution in [-0.4, -0.2) is 19.8 Å². The van der Waals surface area contributed by atoms with Gasteiger partial charge in [0.15, 0.2) is 0 Å². The number of rotatable bonds is 4. The molecule has 1 aromatic heterocycles. The van der Waals surface area contributed by atoms with E-state index in [2.05, 4.69) is 29.1 Å². The normalized spacial score (nSPS) is 12.9. The molecule has 1 heterocycles. The number of methoxy groups -OCH3 is 1. The lowest BCUT2D eigenvalue weighted by Gasteiger charge is -2.11. The summed E-state index contributed by atoms with van der Waals surface area (Å²) in [5, 5.41) is 7.46. The molecule has 1 unspecified atom stereocenters. The highest BCUT2D eigenvalue weighted by Crippen LogP contribution is 2.12. The molecule has 0 saturated carbocycles. The van der Waals surface area contributed by atoms with Gasteiger partial charge in [0.2, 0.25) is 0 Å². The fourth-order valence-corrected chi connectivity index (χ4v) is 1.52. The molecule has 0 radical (unpaired) electrons. The highest BCUT2D eigenvalue weighted by Gasteiger charge is 1.99. The zero-order valence-corrected chi connectivity index (χ0v) is 7.65. The Bertz CT molecular complexity index is 186. The average Bonchev–Trinajstić information content (AvgIpc) is 2.40. The highest BCUT2D eigenvalue weighted by molar-refractivity contribution is 7.08. The maximum absolute atomic E-state index is 4.99. The van der Waals surface area contributed by atoms with E-state index >= 15 is 0 Å². The van der Waals surface area contributed by atoms with Gasteiger partial charge < -0.3 is 10.1 Å². The molecule has 1 aromatic rings. The van der Waals surface area contributed by atoms with E-state index in [1.807, 2.05) is 0 Å². The third-order valence-electron chi connectivity index (χ3n) is 1.35. The molecule has 0 aliphatic carbocycles. The first-order valence-electron chi connectivity index (χ1n) is 3.60. The number of thiophene rings is 1. The summed E-state index contributed by atoms with van der Waals surface area (Å²) in [6.07, 6.45) is 0. The van der Waals surface area contributed by atoms with Gasteiger partial charge in [-0.2, -0.15) is 11.3 Å². The number of ether oxygens (including phenoxy) is 1. The highest BCUT2D eigenvalue weighted by atomic mass is 32.1. The summed E-state index contributed by atoms with van der Waals surface area (Å²) in [6.45, 7) is 2.84. The Hall–Kier alpha value is -0.540. The summed E-state index contributed by atoms with van der Waals surface area (Å²) >= 11 is 1.70. The summed E-state index contributed by atoms with van der Waals surface area (Å²) < 4.78 is 4.99. The summed E-state index contributed by atoms with van der Waals surface area (Å²) in [5.74, 6) is 0. The molecule has 0 saturated heterocycles. The van der Waals surface area contributed by atoms with Crippen molar-refractivity contribution in [3.63, 3.8) is 0 Å². The standard InChI is InChI=1S/C8H13NOS/c1-7(5-10-2)9-8-3-4-11-6-8/h3-4,6-7,9H,5H2,1-2H3. The smallest absolute Gasteiger partial charge is 0.0661 e. The quantitative estimate of drug-likeness (QED) is 0.749. The average molecular weight is 171 g/mol. The lowest BCUT2D eigenvalue weighted by Crippen LogP contribution is -2.20. The van der Waals surface area contributed by atoms with Gasteiger partial charge in [-0.25, -0.2) is 0 Å². The van der Waals surface area contributed by atoms with Crippen molar-refractivity contribution in [1.82, 2.24) is 0 Å². The Balaban J connectivity index is 2.31. The molecule has 1 rings (SSSR count). The lowest BCUT2D eigenvalue weighted by molar-refractivity contribution is 0.190. The predicted octanol–water partition coefficient (Wildman–Crippen LogP) is 2.19. The van der Waals surface area contributed by atoms with Crippen LogP contribution in [0.5, 0.6) is 0 Å². The number of hydrogen-bond acceptors (Lipinski definition) is 3. The van der Waals surface area contributed by atoms with Gasteiger partial charge in [0.25, 0.3) is 0 Å². The second-order valence-electron chi connectivity index (χ2n) is 2.51. The zero-order chi connectivity index (χ0) is 8.10. The van der Waals surface area contributed by atoms with E-state index in [1.165, 1.54) is 5.69 Å². The monoisotopic (exact) mass is 171 g/mol. The maximum atomic E-state index is 4.99. The summed E-state index contributed by atoms with van der Waals surface area (Å²) in [4.78, 5) is 0. The largest absolute Gasteiger partial charge is 0.383 e. The maximum Gasteiger partial charge on any atom is 0.0661 e. The van der Waals surface area contributed by atoms with Crippen LogP contribution in [0.4, 0.5) is 5.69 Å². The van der Waals surface area contributed by atoms with E-state index in [0.29, 0.717) is 6.04 Å². The Morgan fingerprint density at radius 1 is 1.73 bits per heavy atom. The van der Waals surface area contributed by atoms with Crippen LogP contribution in [0.3, 0.4) is 0 Å². The molecule has 0 aromatic carbocycles. The molecule has 0 aliphatic rings. The van der Waals surface area contributed by atoms with Crippen LogP contribution in [0.2, 0.25) is 0 Å². The van der Waals surface area contributed by atoms with Crippen molar-refractivity contribution in [2.75, 3.05) is 19.0 Å². The van der Waals surface area contributed by atoms with Crippen molar-refractivity contribution in [1.29, 1.82) is 0 Å². The minimum absolute atomic E-state index is 0.384. The van der Waals surface area contributed by atoms with E-state index < -0.39 is 0 Å². The van der Waals surface area contributed by atoms with Gasteiger partial charge in [-0.15, -0.1) is 0 Å². The Morgan fingerprint density at radius 2 is 2.55 bits per heavy atom. The van der Waals surface area contributed by atoms with Crippen LogP contribution >= 0.6 is 11.3 Å². The van der Waals surface area contributed by atoms with Crippen LogP contribution in [-0.2, 0) is 4.74 Å². The molecule has 0 bridgehead atoms. The fraction of sp³-hybridized carbons (Fsp3) is 0.500. The van der Waals surface area contributed by atoms with Crippen molar-refractivity contribution >= 4 is 17.0 Å². The summed E-state index contributed by atoms with van der Waals surface area (Å²) in [6, 6.07) is 2.45. The van der Waals surface area contributed by atoms with Crippen molar-refractivity contribution in [2.45, 2.75) is 13.0 Å². The van der Waals surface area contributed by atoms with Crippen molar-refractivity contribution in [2.24, 2.45) is 0 Å². The third kappa shape index (κ3) is 2.91. The molecule has 1 N–H and O–H groups in total. The summed E-state index contributed by atoms with van der Waals surface area (Å²) in [7, 11) is 1.71. The van der Waals surface area contributed by atoms with E-state index in [1.54, 1.807) is 18.4 Å². The zero-order valence-electron chi connectivity index (χ0n) is 6.83.